The van der Waals surface area contributed by atoms with E-state index in [1.165, 1.54) is 62.2 Å². The van der Waals surface area contributed by atoms with E-state index in [1.807, 2.05) is 0 Å². The third-order valence-corrected chi connectivity index (χ3v) is 6.03. The van der Waals surface area contributed by atoms with Gasteiger partial charge in [-0.3, -0.25) is 0 Å². The van der Waals surface area contributed by atoms with Crippen molar-refractivity contribution in [2.45, 2.75) is 64.8 Å². The zero-order chi connectivity index (χ0) is 13.9. The highest BCUT2D eigenvalue weighted by molar-refractivity contribution is 7.09. The summed E-state index contributed by atoms with van der Waals surface area (Å²) >= 11 is 1.80. The van der Waals surface area contributed by atoms with Crippen molar-refractivity contribution in [3.05, 3.63) is 16.1 Å². The Morgan fingerprint density at radius 3 is 2.75 bits per heavy atom. The number of nitrogens with zero attached hydrogens (tertiary/aromatic N) is 1. The van der Waals surface area contributed by atoms with Crippen LogP contribution in [-0.2, 0) is 6.42 Å². The lowest BCUT2D eigenvalue weighted by molar-refractivity contribution is 0.170. The van der Waals surface area contributed by atoms with Crippen molar-refractivity contribution in [1.29, 1.82) is 0 Å². The van der Waals surface area contributed by atoms with Crippen LogP contribution in [0.1, 0.15) is 56.2 Å². The molecule has 0 saturated heterocycles. The molecule has 1 aromatic heterocycles. The molecule has 1 heterocycles. The number of aryl methyl sites for hydroxylation is 1. The van der Waals surface area contributed by atoms with Crippen LogP contribution in [0.4, 0.5) is 0 Å². The van der Waals surface area contributed by atoms with Gasteiger partial charge < -0.3 is 5.32 Å². The lowest BCUT2D eigenvalue weighted by Gasteiger charge is -2.36. The third-order valence-electron chi connectivity index (χ3n) is 5.21. The predicted molar refractivity (Wildman–Crippen MR) is 86.2 cm³/mol. The minimum atomic E-state index is 0.848. The molecule has 0 amide bonds. The minimum Gasteiger partial charge on any atom is -0.314 e. The Kier molecular flexibility index (Phi) is 4.77. The monoisotopic (exact) mass is 292 g/mol. The molecule has 0 spiro atoms. The average molecular weight is 292 g/mol. The molecule has 2 aliphatic carbocycles. The van der Waals surface area contributed by atoms with Gasteiger partial charge in [0.15, 0.2) is 0 Å². The fraction of sp³-hybridized carbons (Fsp3) is 0.824. The van der Waals surface area contributed by atoms with E-state index in [1.54, 1.807) is 11.3 Å². The third kappa shape index (κ3) is 3.82. The predicted octanol–water partition coefficient (Wildman–Crippen LogP) is 4.19. The Morgan fingerprint density at radius 2 is 2.10 bits per heavy atom. The van der Waals surface area contributed by atoms with Gasteiger partial charge in [0.25, 0.3) is 0 Å². The van der Waals surface area contributed by atoms with Crippen LogP contribution in [0.2, 0.25) is 0 Å². The summed E-state index contributed by atoms with van der Waals surface area (Å²) < 4.78 is 0. The van der Waals surface area contributed by atoms with Crippen LogP contribution in [0.5, 0.6) is 0 Å². The van der Waals surface area contributed by atoms with E-state index in [4.69, 9.17) is 4.98 Å². The van der Waals surface area contributed by atoms with Crippen LogP contribution >= 0.6 is 11.3 Å². The van der Waals surface area contributed by atoms with Gasteiger partial charge in [-0.15, -0.1) is 11.3 Å². The summed E-state index contributed by atoms with van der Waals surface area (Å²) in [4.78, 5) is 4.70. The number of rotatable bonds is 6. The number of nitrogens with one attached hydrogen (secondary N) is 1. The summed E-state index contributed by atoms with van der Waals surface area (Å²) in [5.74, 6) is 2.68. The van der Waals surface area contributed by atoms with E-state index in [0.29, 0.717) is 0 Å². The second-order valence-electron chi connectivity index (χ2n) is 6.85. The highest BCUT2D eigenvalue weighted by Crippen LogP contribution is 2.37. The molecule has 3 atom stereocenters. The van der Waals surface area contributed by atoms with Crippen LogP contribution in [0.25, 0.3) is 0 Å². The van der Waals surface area contributed by atoms with Crippen molar-refractivity contribution in [2.24, 2.45) is 17.8 Å². The molecule has 3 unspecified atom stereocenters. The van der Waals surface area contributed by atoms with Crippen molar-refractivity contribution in [3.8, 4) is 0 Å². The molecule has 112 valence electrons. The van der Waals surface area contributed by atoms with Gasteiger partial charge in [0, 0.05) is 11.4 Å². The van der Waals surface area contributed by atoms with Gasteiger partial charge in [-0.1, -0.05) is 19.8 Å². The largest absolute Gasteiger partial charge is 0.314 e. The summed E-state index contributed by atoms with van der Waals surface area (Å²) in [7, 11) is 0. The quantitative estimate of drug-likeness (QED) is 0.850. The van der Waals surface area contributed by atoms with E-state index in [0.717, 1.165) is 23.8 Å². The van der Waals surface area contributed by atoms with Crippen LogP contribution in [0.3, 0.4) is 0 Å². The zero-order valence-electron chi connectivity index (χ0n) is 12.9. The maximum absolute atomic E-state index is 4.70. The van der Waals surface area contributed by atoms with Gasteiger partial charge in [-0.25, -0.2) is 4.98 Å². The van der Waals surface area contributed by atoms with E-state index in [-0.39, 0.29) is 0 Å². The molecule has 2 nitrogen and oxygen atoms in total. The van der Waals surface area contributed by atoms with Gasteiger partial charge in [-0.2, -0.15) is 0 Å². The highest BCUT2D eigenvalue weighted by atomic mass is 32.1. The summed E-state index contributed by atoms with van der Waals surface area (Å²) in [6.07, 6.45) is 9.66. The summed E-state index contributed by atoms with van der Waals surface area (Å²) in [5.41, 5.74) is 1.34. The van der Waals surface area contributed by atoms with Crippen LogP contribution in [-0.4, -0.2) is 17.6 Å². The lowest BCUT2D eigenvalue weighted by Crippen LogP contribution is -2.35. The van der Waals surface area contributed by atoms with Crippen LogP contribution in [0.15, 0.2) is 5.38 Å². The number of hydrogen-bond acceptors (Lipinski definition) is 3. The van der Waals surface area contributed by atoms with Gasteiger partial charge in [0.05, 0.1) is 10.7 Å². The Bertz CT molecular complexity index is 424. The summed E-state index contributed by atoms with van der Waals surface area (Å²) in [6.45, 7) is 5.72. The van der Waals surface area contributed by atoms with Crippen LogP contribution < -0.4 is 5.32 Å². The molecule has 0 aromatic carbocycles. The van der Waals surface area contributed by atoms with Crippen molar-refractivity contribution in [2.75, 3.05) is 6.54 Å². The summed E-state index contributed by atoms with van der Waals surface area (Å²) in [6, 6.07) is 0.848. The lowest BCUT2D eigenvalue weighted by atomic mass is 9.71. The number of hydrogen-bond donors (Lipinski definition) is 1. The molecule has 0 aliphatic heterocycles. The number of thiazole rings is 1. The Labute approximate surface area is 127 Å². The maximum atomic E-state index is 4.70. The molecule has 1 aromatic rings. The minimum absolute atomic E-state index is 0.848. The van der Waals surface area contributed by atoms with E-state index in [9.17, 15) is 0 Å². The molecular formula is C17H28N2S. The highest BCUT2D eigenvalue weighted by Gasteiger charge is 2.31. The molecule has 0 radical (unpaired) electrons. The first-order valence-electron chi connectivity index (χ1n) is 8.39. The number of aromatic nitrogens is 1. The van der Waals surface area contributed by atoms with Crippen LogP contribution in [0, 0.1) is 24.7 Å². The average Bonchev–Trinajstić information content (AvgIpc) is 3.20. The molecule has 2 fully saturated rings. The molecular weight excluding hydrogens is 264 g/mol. The second-order valence-corrected chi connectivity index (χ2v) is 7.91. The SMILES string of the molecule is CCC1CCC(CNC2CC2)C(Cc2csc(C)n2)C1. The Balaban J connectivity index is 1.60. The first-order chi connectivity index (χ1) is 9.74. The first kappa shape index (κ1) is 14.5. The topological polar surface area (TPSA) is 24.9 Å². The summed E-state index contributed by atoms with van der Waals surface area (Å²) in [5, 5.41) is 7.25. The van der Waals surface area contributed by atoms with Crippen molar-refractivity contribution in [1.82, 2.24) is 10.3 Å². The molecule has 0 bridgehead atoms. The normalized spacial score (nSPS) is 30.6. The van der Waals surface area contributed by atoms with E-state index < -0.39 is 0 Å². The maximum Gasteiger partial charge on any atom is 0.0897 e. The fourth-order valence-corrected chi connectivity index (χ4v) is 4.32. The Hall–Kier alpha value is -0.410. The molecule has 3 rings (SSSR count). The van der Waals surface area contributed by atoms with Crippen molar-refractivity contribution >= 4 is 11.3 Å². The second kappa shape index (κ2) is 6.57. The van der Waals surface area contributed by atoms with Gasteiger partial charge in [0.2, 0.25) is 0 Å². The Morgan fingerprint density at radius 1 is 1.25 bits per heavy atom. The zero-order valence-corrected chi connectivity index (χ0v) is 13.7. The van der Waals surface area contributed by atoms with Crippen molar-refractivity contribution in [3.63, 3.8) is 0 Å². The van der Waals surface area contributed by atoms with Gasteiger partial charge in [-0.05, 0) is 63.3 Å². The first-order valence-corrected chi connectivity index (χ1v) is 9.27. The molecule has 2 saturated carbocycles. The van der Waals surface area contributed by atoms with E-state index in [2.05, 4.69) is 24.5 Å². The fourth-order valence-electron chi connectivity index (χ4n) is 3.69. The molecule has 2 aliphatic rings. The van der Waals surface area contributed by atoms with Gasteiger partial charge in [0.1, 0.15) is 0 Å². The van der Waals surface area contributed by atoms with Gasteiger partial charge >= 0.3 is 0 Å². The molecule has 3 heteroatoms. The smallest absolute Gasteiger partial charge is 0.0897 e. The standard InChI is InChI=1S/C17H28N2S/c1-3-13-4-5-14(10-18-16-6-7-16)15(8-13)9-17-11-20-12(2)19-17/h11,13-16,18H,3-10H2,1-2H3. The van der Waals surface area contributed by atoms with E-state index >= 15 is 0 Å². The van der Waals surface area contributed by atoms with Crippen molar-refractivity contribution < 1.29 is 0 Å². The molecule has 20 heavy (non-hydrogen) atoms. The molecule has 1 N–H and O–H groups in total.